The molecule has 0 saturated carbocycles. The van der Waals surface area contributed by atoms with Gasteiger partial charge in [-0.25, -0.2) is 0 Å². The molecule has 0 atom stereocenters. The quantitative estimate of drug-likeness (QED) is 0.680. The number of hydrogen-bond acceptors (Lipinski definition) is 2. The topological polar surface area (TPSA) is 46.2 Å². The Morgan fingerprint density at radius 1 is 0.739 bits per heavy atom. The second-order valence-electron chi connectivity index (χ2n) is 6.49. The lowest BCUT2D eigenvalue weighted by Crippen LogP contribution is -1.94. The molecule has 0 radical (unpaired) electrons. The lowest BCUT2D eigenvalue weighted by atomic mass is 10.0. The molecule has 2 aromatic rings. The summed E-state index contributed by atoms with van der Waals surface area (Å²) in [4.78, 5) is 0. The summed E-state index contributed by atoms with van der Waals surface area (Å²) in [6.07, 6.45) is 7.10. The molecule has 23 heavy (non-hydrogen) atoms. The van der Waals surface area contributed by atoms with Crippen LogP contribution in [0.25, 0.3) is 0 Å². The first-order valence-corrected chi connectivity index (χ1v) is 8.25. The Morgan fingerprint density at radius 3 is 1.78 bits per heavy atom. The minimum atomic E-state index is 0. The summed E-state index contributed by atoms with van der Waals surface area (Å²) in [7, 11) is 0. The number of phenols is 1. The van der Waals surface area contributed by atoms with Crippen LogP contribution < -0.4 is 5.73 Å². The molecule has 0 heterocycles. The molecule has 0 unspecified atom stereocenters. The summed E-state index contributed by atoms with van der Waals surface area (Å²) in [6, 6.07) is 7.96. The molecule has 124 valence electrons. The SMILES string of the molecule is C.Cc1ccc(N)c2c1CCC2.Cc1ccc(O)c2c1CCC2. The third-order valence-electron chi connectivity index (χ3n) is 5.05. The van der Waals surface area contributed by atoms with E-state index in [1.54, 1.807) is 6.07 Å². The van der Waals surface area contributed by atoms with Crippen LogP contribution in [0, 0.1) is 13.8 Å². The zero-order valence-corrected chi connectivity index (χ0v) is 13.6. The molecule has 0 aliphatic heterocycles. The smallest absolute Gasteiger partial charge is 0.119 e. The molecule has 0 bridgehead atoms. The lowest BCUT2D eigenvalue weighted by Gasteiger charge is -2.05. The van der Waals surface area contributed by atoms with E-state index in [0.717, 1.165) is 18.5 Å². The highest BCUT2D eigenvalue weighted by molar-refractivity contribution is 5.55. The fourth-order valence-electron chi connectivity index (χ4n) is 3.78. The van der Waals surface area contributed by atoms with Crippen molar-refractivity contribution in [3.8, 4) is 5.75 Å². The van der Waals surface area contributed by atoms with Gasteiger partial charge in [0.15, 0.2) is 0 Å². The number of rotatable bonds is 0. The van der Waals surface area contributed by atoms with E-state index in [2.05, 4.69) is 19.9 Å². The van der Waals surface area contributed by atoms with Gasteiger partial charge in [-0.1, -0.05) is 19.6 Å². The van der Waals surface area contributed by atoms with Crippen molar-refractivity contribution in [2.45, 2.75) is 59.8 Å². The van der Waals surface area contributed by atoms with Crippen LogP contribution in [0.3, 0.4) is 0 Å². The minimum absolute atomic E-state index is 0. The van der Waals surface area contributed by atoms with E-state index in [1.165, 1.54) is 59.1 Å². The zero-order chi connectivity index (χ0) is 15.7. The van der Waals surface area contributed by atoms with E-state index in [-0.39, 0.29) is 7.43 Å². The Balaban J connectivity index is 0.000000160. The van der Waals surface area contributed by atoms with Gasteiger partial charge in [-0.3, -0.25) is 0 Å². The highest BCUT2D eigenvalue weighted by Gasteiger charge is 2.16. The standard InChI is InChI=1S/C10H13N.C10H12O.CH4/c2*1-7-5-6-10(11)9-4-2-3-8(7)9;/h5-6H,2-4,11H2,1H3;5-6,11H,2-4H2,1H3;1H4. The van der Waals surface area contributed by atoms with Crippen molar-refractivity contribution in [2.75, 3.05) is 5.73 Å². The van der Waals surface area contributed by atoms with Gasteiger partial charge in [0.05, 0.1) is 0 Å². The van der Waals surface area contributed by atoms with Crippen LogP contribution in [0.1, 0.15) is 53.6 Å². The fraction of sp³-hybridized carbons (Fsp3) is 0.429. The molecular weight excluding hydrogens is 282 g/mol. The average Bonchev–Trinajstić information content (AvgIpc) is 3.17. The molecule has 2 aromatic carbocycles. The van der Waals surface area contributed by atoms with E-state index in [0.29, 0.717) is 5.75 Å². The molecule has 2 aliphatic rings. The van der Waals surface area contributed by atoms with Crippen LogP contribution in [-0.2, 0) is 25.7 Å². The van der Waals surface area contributed by atoms with E-state index in [1.807, 2.05) is 12.1 Å². The number of aromatic hydroxyl groups is 1. The van der Waals surface area contributed by atoms with Crippen molar-refractivity contribution in [3.05, 3.63) is 57.6 Å². The first-order valence-electron chi connectivity index (χ1n) is 8.25. The third-order valence-corrected chi connectivity index (χ3v) is 5.05. The zero-order valence-electron chi connectivity index (χ0n) is 13.6. The summed E-state index contributed by atoms with van der Waals surface area (Å²) in [5, 5.41) is 9.46. The second-order valence-corrected chi connectivity index (χ2v) is 6.49. The van der Waals surface area contributed by atoms with E-state index < -0.39 is 0 Å². The Kier molecular flexibility index (Phi) is 5.35. The molecule has 2 heteroatoms. The molecule has 3 N–H and O–H groups in total. The summed E-state index contributed by atoms with van der Waals surface area (Å²) >= 11 is 0. The van der Waals surface area contributed by atoms with Crippen molar-refractivity contribution in [1.82, 2.24) is 0 Å². The maximum atomic E-state index is 9.46. The van der Waals surface area contributed by atoms with Crippen LogP contribution >= 0.6 is 0 Å². The van der Waals surface area contributed by atoms with Gasteiger partial charge in [0, 0.05) is 5.69 Å². The molecule has 0 aromatic heterocycles. The first-order chi connectivity index (χ1) is 10.6. The van der Waals surface area contributed by atoms with E-state index in [9.17, 15) is 5.11 Å². The van der Waals surface area contributed by atoms with Gasteiger partial charge >= 0.3 is 0 Å². The summed E-state index contributed by atoms with van der Waals surface area (Å²) in [6.45, 7) is 4.28. The predicted molar refractivity (Wildman–Crippen MR) is 99.2 cm³/mol. The number of hydrogen-bond donors (Lipinski definition) is 2. The van der Waals surface area contributed by atoms with Crippen LogP contribution in [-0.4, -0.2) is 5.11 Å². The van der Waals surface area contributed by atoms with Gasteiger partial charge in [-0.05, 0) is 97.9 Å². The van der Waals surface area contributed by atoms with Crippen LogP contribution in [0.5, 0.6) is 5.75 Å². The minimum Gasteiger partial charge on any atom is -0.508 e. The Bertz CT molecular complexity index is 584. The first kappa shape index (κ1) is 17.4. The molecule has 0 amide bonds. The molecule has 4 rings (SSSR count). The van der Waals surface area contributed by atoms with Crippen LogP contribution in [0.2, 0.25) is 0 Å². The highest BCUT2D eigenvalue weighted by atomic mass is 16.3. The summed E-state index contributed by atoms with van der Waals surface area (Å²) in [5.74, 6) is 0.489. The van der Waals surface area contributed by atoms with Crippen LogP contribution in [0.15, 0.2) is 24.3 Å². The van der Waals surface area contributed by atoms with Gasteiger partial charge in [-0.15, -0.1) is 0 Å². The normalized spacial score (nSPS) is 14.3. The number of nitrogens with two attached hydrogens (primary N) is 1. The van der Waals surface area contributed by atoms with E-state index >= 15 is 0 Å². The molecule has 0 spiro atoms. The lowest BCUT2D eigenvalue weighted by molar-refractivity contribution is 0.469. The summed E-state index contributed by atoms with van der Waals surface area (Å²) in [5.41, 5.74) is 15.0. The molecular formula is C21H29NO. The number of nitrogen functional groups attached to an aromatic ring is 1. The van der Waals surface area contributed by atoms with Crippen LogP contribution in [0.4, 0.5) is 5.69 Å². The summed E-state index contributed by atoms with van der Waals surface area (Å²) < 4.78 is 0. The number of benzene rings is 2. The number of aryl methyl sites for hydroxylation is 2. The van der Waals surface area contributed by atoms with Crippen molar-refractivity contribution in [1.29, 1.82) is 0 Å². The Hall–Kier alpha value is -1.96. The van der Waals surface area contributed by atoms with Crippen molar-refractivity contribution >= 4 is 5.69 Å². The van der Waals surface area contributed by atoms with E-state index in [4.69, 9.17) is 5.73 Å². The third kappa shape index (κ3) is 3.36. The van der Waals surface area contributed by atoms with Crippen molar-refractivity contribution in [3.63, 3.8) is 0 Å². The van der Waals surface area contributed by atoms with Gasteiger partial charge in [0.1, 0.15) is 5.75 Å². The van der Waals surface area contributed by atoms with Gasteiger partial charge < -0.3 is 10.8 Å². The number of fused-ring (bicyclic) bond motifs is 2. The van der Waals surface area contributed by atoms with Gasteiger partial charge in [0.2, 0.25) is 0 Å². The van der Waals surface area contributed by atoms with Crippen molar-refractivity contribution in [2.24, 2.45) is 0 Å². The van der Waals surface area contributed by atoms with Crippen molar-refractivity contribution < 1.29 is 5.11 Å². The fourth-order valence-corrected chi connectivity index (χ4v) is 3.78. The Labute approximate surface area is 140 Å². The number of anilines is 1. The molecule has 0 fully saturated rings. The number of phenolic OH excluding ortho intramolecular Hbond substituents is 1. The largest absolute Gasteiger partial charge is 0.508 e. The predicted octanol–water partition coefficient (Wildman–Crippen LogP) is 4.89. The Morgan fingerprint density at radius 2 is 1.22 bits per heavy atom. The van der Waals surface area contributed by atoms with Gasteiger partial charge in [-0.2, -0.15) is 0 Å². The average molecular weight is 311 g/mol. The maximum Gasteiger partial charge on any atom is 0.119 e. The second kappa shape index (κ2) is 7.08. The highest BCUT2D eigenvalue weighted by Crippen LogP contribution is 2.32. The molecule has 0 saturated heterocycles. The maximum absolute atomic E-state index is 9.46. The van der Waals surface area contributed by atoms with Gasteiger partial charge in [0.25, 0.3) is 0 Å². The molecule has 2 aliphatic carbocycles. The monoisotopic (exact) mass is 311 g/mol. The molecule has 2 nitrogen and oxygen atoms in total.